The molecule has 2 amide bonds. The van der Waals surface area contributed by atoms with E-state index in [9.17, 15) is 9.59 Å². The molecule has 0 aliphatic carbocycles. The number of carbonyl (C=O) groups excluding carboxylic acids is 2. The number of hydrogen-bond donors (Lipinski definition) is 3. The fraction of sp³-hybridized carbons (Fsp3) is 0.263. The highest BCUT2D eigenvalue weighted by atomic mass is 35.5. The Kier molecular flexibility index (Phi) is 5.88. The summed E-state index contributed by atoms with van der Waals surface area (Å²) in [7, 11) is 0. The number of halogens is 1. The minimum atomic E-state index is -0.381. The third kappa shape index (κ3) is 4.60. The van der Waals surface area contributed by atoms with Crippen LogP contribution in [0.3, 0.4) is 0 Å². The summed E-state index contributed by atoms with van der Waals surface area (Å²) in [6.45, 7) is 3.12. The first kappa shape index (κ1) is 18.4. The van der Waals surface area contributed by atoms with E-state index in [1.807, 2.05) is 6.92 Å². The number of ether oxygens (including phenoxy) is 1. The van der Waals surface area contributed by atoms with Crippen LogP contribution < -0.4 is 16.0 Å². The van der Waals surface area contributed by atoms with E-state index in [2.05, 4.69) is 16.0 Å². The van der Waals surface area contributed by atoms with Gasteiger partial charge in [0.05, 0.1) is 12.7 Å². The van der Waals surface area contributed by atoms with Gasteiger partial charge in [0.15, 0.2) is 0 Å². The van der Waals surface area contributed by atoms with E-state index in [1.54, 1.807) is 48.5 Å². The number of carbonyl (C=O) groups is 2. The number of hydrogen-bond acceptors (Lipinski definition) is 4. The summed E-state index contributed by atoms with van der Waals surface area (Å²) in [6.07, 6.45) is -0.179. The van der Waals surface area contributed by atoms with Crippen molar-refractivity contribution in [3.05, 3.63) is 59.1 Å². The Morgan fingerprint density at radius 1 is 1.04 bits per heavy atom. The number of anilines is 2. The molecule has 0 unspecified atom stereocenters. The summed E-state index contributed by atoms with van der Waals surface area (Å²) in [5, 5.41) is 9.38. The minimum Gasteiger partial charge on any atom is -0.375 e. The number of morpholine rings is 1. The third-order valence-corrected chi connectivity index (χ3v) is 4.37. The Balaban J connectivity index is 1.58. The lowest BCUT2D eigenvalue weighted by atomic mass is 10.1. The SMILES string of the molecule is C[C@H]1OCCN[C@@H]1C(=O)Nc1ccc(NC(=O)c2ccc(Cl)cc2)cc1. The molecule has 0 bridgehead atoms. The number of amides is 2. The fourth-order valence-corrected chi connectivity index (χ4v) is 2.81. The average Bonchev–Trinajstić information content (AvgIpc) is 2.64. The molecule has 1 saturated heterocycles. The van der Waals surface area contributed by atoms with Crippen molar-refractivity contribution in [3.8, 4) is 0 Å². The van der Waals surface area contributed by atoms with Crippen LogP contribution in [0.1, 0.15) is 17.3 Å². The lowest BCUT2D eigenvalue weighted by Gasteiger charge is -2.29. The molecule has 2 aromatic carbocycles. The first-order chi connectivity index (χ1) is 12.5. The van der Waals surface area contributed by atoms with E-state index < -0.39 is 0 Å². The highest BCUT2D eigenvalue weighted by molar-refractivity contribution is 6.30. The van der Waals surface area contributed by atoms with Crippen molar-refractivity contribution < 1.29 is 14.3 Å². The summed E-state index contributed by atoms with van der Waals surface area (Å²) in [6, 6.07) is 13.2. The molecule has 6 nitrogen and oxygen atoms in total. The van der Waals surface area contributed by atoms with Gasteiger partial charge < -0.3 is 20.7 Å². The average molecular weight is 374 g/mol. The molecule has 3 N–H and O–H groups in total. The van der Waals surface area contributed by atoms with Gasteiger partial charge in [-0.05, 0) is 55.5 Å². The second-order valence-electron chi connectivity index (χ2n) is 6.04. The maximum absolute atomic E-state index is 12.3. The minimum absolute atomic E-state index is 0.143. The van der Waals surface area contributed by atoms with Crippen LogP contribution in [0.5, 0.6) is 0 Å². The van der Waals surface area contributed by atoms with Gasteiger partial charge in [0.1, 0.15) is 6.04 Å². The van der Waals surface area contributed by atoms with Crippen LogP contribution in [0, 0.1) is 0 Å². The molecule has 0 radical (unpaired) electrons. The second kappa shape index (κ2) is 8.31. The van der Waals surface area contributed by atoms with Crippen molar-refractivity contribution in [2.75, 3.05) is 23.8 Å². The lowest BCUT2D eigenvalue weighted by Crippen LogP contribution is -2.53. The van der Waals surface area contributed by atoms with Crippen LogP contribution in [-0.2, 0) is 9.53 Å². The van der Waals surface area contributed by atoms with Crippen LogP contribution in [-0.4, -0.2) is 37.1 Å². The van der Waals surface area contributed by atoms with E-state index in [0.717, 1.165) is 0 Å². The van der Waals surface area contributed by atoms with Gasteiger partial charge in [-0.25, -0.2) is 0 Å². The van der Waals surface area contributed by atoms with Crippen molar-refractivity contribution in [1.82, 2.24) is 5.32 Å². The smallest absolute Gasteiger partial charge is 0.255 e. The summed E-state index contributed by atoms with van der Waals surface area (Å²) in [4.78, 5) is 24.5. The predicted molar refractivity (Wildman–Crippen MR) is 102 cm³/mol. The first-order valence-corrected chi connectivity index (χ1v) is 8.73. The van der Waals surface area contributed by atoms with Gasteiger partial charge in [-0.3, -0.25) is 9.59 Å². The monoisotopic (exact) mass is 373 g/mol. The van der Waals surface area contributed by atoms with Crippen LogP contribution >= 0.6 is 11.6 Å². The maximum atomic E-state index is 12.3. The molecule has 0 spiro atoms. The van der Waals surface area contributed by atoms with E-state index in [4.69, 9.17) is 16.3 Å². The fourth-order valence-electron chi connectivity index (χ4n) is 2.69. The molecule has 1 heterocycles. The highest BCUT2D eigenvalue weighted by Gasteiger charge is 2.28. The summed E-state index contributed by atoms with van der Waals surface area (Å²) in [5.74, 6) is -0.369. The van der Waals surface area contributed by atoms with Crippen LogP contribution in [0.15, 0.2) is 48.5 Å². The van der Waals surface area contributed by atoms with Gasteiger partial charge in [0, 0.05) is 28.5 Å². The maximum Gasteiger partial charge on any atom is 0.255 e. The number of benzene rings is 2. The Morgan fingerprint density at radius 2 is 1.65 bits per heavy atom. The zero-order valence-corrected chi connectivity index (χ0v) is 15.0. The molecular formula is C19H20ClN3O3. The number of rotatable bonds is 4. The van der Waals surface area contributed by atoms with Crippen molar-refractivity contribution in [2.45, 2.75) is 19.1 Å². The standard InChI is InChI=1S/C19H20ClN3O3/c1-12-17(21-10-11-26-12)19(25)23-16-8-6-15(7-9-16)22-18(24)13-2-4-14(20)5-3-13/h2-9,12,17,21H,10-11H2,1H3,(H,22,24)(H,23,25)/t12-,17+/m1/s1. The summed E-state index contributed by atoms with van der Waals surface area (Å²) >= 11 is 5.82. The quantitative estimate of drug-likeness (QED) is 0.770. The zero-order valence-electron chi connectivity index (χ0n) is 14.3. The van der Waals surface area contributed by atoms with Crippen LogP contribution in [0.2, 0.25) is 5.02 Å². The highest BCUT2D eigenvalue weighted by Crippen LogP contribution is 2.17. The van der Waals surface area contributed by atoms with Gasteiger partial charge in [-0.2, -0.15) is 0 Å². The Bertz CT molecular complexity index is 778. The molecule has 26 heavy (non-hydrogen) atoms. The molecule has 1 aliphatic rings. The van der Waals surface area contributed by atoms with Gasteiger partial charge in [0.2, 0.25) is 5.91 Å². The zero-order chi connectivity index (χ0) is 18.5. The molecule has 136 valence electrons. The van der Waals surface area contributed by atoms with Gasteiger partial charge >= 0.3 is 0 Å². The van der Waals surface area contributed by atoms with E-state index in [1.165, 1.54) is 0 Å². The molecule has 1 aliphatic heterocycles. The van der Waals surface area contributed by atoms with Gasteiger partial charge in [-0.15, -0.1) is 0 Å². The summed E-state index contributed by atoms with van der Waals surface area (Å²) < 4.78 is 5.48. The third-order valence-electron chi connectivity index (χ3n) is 4.12. The topological polar surface area (TPSA) is 79.5 Å². The van der Waals surface area contributed by atoms with Crippen molar-refractivity contribution in [1.29, 1.82) is 0 Å². The van der Waals surface area contributed by atoms with Crippen molar-refractivity contribution in [3.63, 3.8) is 0 Å². The molecule has 7 heteroatoms. The molecule has 3 rings (SSSR count). The molecule has 2 atom stereocenters. The number of nitrogens with one attached hydrogen (secondary N) is 3. The van der Waals surface area contributed by atoms with E-state index in [0.29, 0.717) is 35.1 Å². The molecular weight excluding hydrogens is 354 g/mol. The van der Waals surface area contributed by atoms with Crippen molar-refractivity contribution in [2.24, 2.45) is 0 Å². The Morgan fingerprint density at radius 3 is 2.27 bits per heavy atom. The molecule has 0 aromatic heterocycles. The second-order valence-corrected chi connectivity index (χ2v) is 6.47. The molecule has 1 fully saturated rings. The first-order valence-electron chi connectivity index (χ1n) is 8.36. The van der Waals surface area contributed by atoms with Gasteiger partial charge in [-0.1, -0.05) is 11.6 Å². The van der Waals surface area contributed by atoms with Crippen molar-refractivity contribution >= 4 is 34.8 Å². The predicted octanol–water partition coefficient (Wildman–Crippen LogP) is 2.91. The lowest BCUT2D eigenvalue weighted by molar-refractivity contribution is -0.123. The normalized spacial score (nSPS) is 19.6. The van der Waals surface area contributed by atoms with E-state index in [-0.39, 0.29) is 24.0 Å². The van der Waals surface area contributed by atoms with Gasteiger partial charge in [0.25, 0.3) is 5.91 Å². The van der Waals surface area contributed by atoms with E-state index >= 15 is 0 Å². The molecule has 2 aromatic rings. The van der Waals surface area contributed by atoms with Crippen LogP contribution in [0.4, 0.5) is 11.4 Å². The summed E-state index contributed by atoms with van der Waals surface area (Å²) in [5.41, 5.74) is 1.80. The largest absolute Gasteiger partial charge is 0.375 e. The molecule has 0 saturated carbocycles. The Labute approximate surface area is 156 Å². The van der Waals surface area contributed by atoms with Crippen LogP contribution in [0.25, 0.3) is 0 Å². The Hall–Kier alpha value is -2.41.